The van der Waals surface area contributed by atoms with Crippen LogP contribution in [0.2, 0.25) is 0 Å². The van der Waals surface area contributed by atoms with Gasteiger partial charge in [-0.3, -0.25) is 0 Å². The van der Waals surface area contributed by atoms with E-state index >= 15 is 0 Å². The Morgan fingerprint density at radius 3 is 2.30 bits per heavy atom. The molecule has 0 amide bonds. The van der Waals surface area contributed by atoms with Gasteiger partial charge < -0.3 is 10.1 Å². The van der Waals surface area contributed by atoms with Crippen LogP contribution in [0, 0.1) is 11.7 Å². The Bertz CT molecular complexity index is 362. The molecule has 0 saturated carbocycles. The number of hydrogen-bond acceptors (Lipinski definition) is 2. The number of hydrogen-bond donors (Lipinski definition) is 1. The highest BCUT2D eigenvalue weighted by molar-refractivity contribution is 5.19. The van der Waals surface area contributed by atoms with E-state index in [1.54, 1.807) is 0 Å². The standard InChI is InChI=1S/C17H28FNO/c1-13(2)6-5-11-20-17(12-19-14(3)4)15-7-9-16(18)10-8-15/h7-10,13-14,17,19H,5-6,11-12H2,1-4H3. The summed E-state index contributed by atoms with van der Waals surface area (Å²) in [5.41, 5.74) is 1.03. The van der Waals surface area contributed by atoms with Crippen LogP contribution in [-0.4, -0.2) is 19.2 Å². The molecule has 114 valence electrons. The number of benzene rings is 1. The molecule has 1 aromatic carbocycles. The molecule has 0 saturated heterocycles. The second-order valence-electron chi connectivity index (χ2n) is 6.01. The van der Waals surface area contributed by atoms with Crippen molar-refractivity contribution in [1.82, 2.24) is 5.32 Å². The van der Waals surface area contributed by atoms with E-state index in [9.17, 15) is 4.39 Å². The maximum Gasteiger partial charge on any atom is 0.123 e. The average Bonchev–Trinajstić information content (AvgIpc) is 2.38. The lowest BCUT2D eigenvalue weighted by atomic mass is 10.1. The van der Waals surface area contributed by atoms with Crippen molar-refractivity contribution < 1.29 is 9.13 Å². The molecule has 1 atom stereocenters. The van der Waals surface area contributed by atoms with E-state index < -0.39 is 0 Å². The van der Waals surface area contributed by atoms with Crippen molar-refractivity contribution in [2.24, 2.45) is 5.92 Å². The SMILES string of the molecule is CC(C)CCCOC(CNC(C)C)c1ccc(F)cc1. The zero-order valence-electron chi connectivity index (χ0n) is 13.2. The summed E-state index contributed by atoms with van der Waals surface area (Å²) in [6.45, 7) is 10.2. The quantitative estimate of drug-likeness (QED) is 0.681. The van der Waals surface area contributed by atoms with Crippen molar-refractivity contribution in [3.63, 3.8) is 0 Å². The Balaban J connectivity index is 2.53. The summed E-state index contributed by atoms with van der Waals surface area (Å²) >= 11 is 0. The van der Waals surface area contributed by atoms with Crippen LogP contribution in [0.25, 0.3) is 0 Å². The molecule has 1 unspecified atom stereocenters. The molecule has 0 bridgehead atoms. The van der Waals surface area contributed by atoms with Gasteiger partial charge in [-0.05, 0) is 36.5 Å². The van der Waals surface area contributed by atoms with E-state index in [0.717, 1.165) is 25.1 Å². The first-order valence-corrected chi connectivity index (χ1v) is 7.59. The molecule has 0 heterocycles. The third-order valence-electron chi connectivity index (χ3n) is 3.20. The van der Waals surface area contributed by atoms with Crippen LogP contribution in [-0.2, 0) is 4.74 Å². The van der Waals surface area contributed by atoms with E-state index in [0.29, 0.717) is 12.0 Å². The van der Waals surface area contributed by atoms with Crippen LogP contribution >= 0.6 is 0 Å². The topological polar surface area (TPSA) is 21.3 Å². The van der Waals surface area contributed by atoms with Gasteiger partial charge in [0.1, 0.15) is 5.82 Å². The molecule has 0 radical (unpaired) electrons. The van der Waals surface area contributed by atoms with Crippen LogP contribution in [0.4, 0.5) is 4.39 Å². The normalized spacial score (nSPS) is 13.2. The highest BCUT2D eigenvalue weighted by Gasteiger charge is 2.12. The van der Waals surface area contributed by atoms with Gasteiger partial charge in [-0.15, -0.1) is 0 Å². The molecule has 0 aliphatic carbocycles. The van der Waals surface area contributed by atoms with E-state index in [1.165, 1.54) is 18.6 Å². The molecule has 1 rings (SSSR count). The highest BCUT2D eigenvalue weighted by atomic mass is 19.1. The summed E-state index contributed by atoms with van der Waals surface area (Å²) in [4.78, 5) is 0. The number of rotatable bonds is 9. The fourth-order valence-corrected chi connectivity index (χ4v) is 2.01. The molecular formula is C17H28FNO. The van der Waals surface area contributed by atoms with Crippen molar-refractivity contribution in [1.29, 1.82) is 0 Å². The fourth-order valence-electron chi connectivity index (χ4n) is 2.01. The second-order valence-corrected chi connectivity index (χ2v) is 6.01. The molecule has 2 nitrogen and oxygen atoms in total. The van der Waals surface area contributed by atoms with Crippen LogP contribution in [0.5, 0.6) is 0 Å². The van der Waals surface area contributed by atoms with E-state index in [1.807, 2.05) is 12.1 Å². The van der Waals surface area contributed by atoms with Gasteiger partial charge in [-0.2, -0.15) is 0 Å². The van der Waals surface area contributed by atoms with Gasteiger partial charge in [0.05, 0.1) is 6.10 Å². The first-order chi connectivity index (χ1) is 9.49. The van der Waals surface area contributed by atoms with Crippen LogP contribution < -0.4 is 5.32 Å². The largest absolute Gasteiger partial charge is 0.372 e. The van der Waals surface area contributed by atoms with Gasteiger partial charge in [-0.1, -0.05) is 39.8 Å². The van der Waals surface area contributed by atoms with E-state index in [4.69, 9.17) is 4.74 Å². The zero-order valence-corrected chi connectivity index (χ0v) is 13.2. The molecule has 1 N–H and O–H groups in total. The minimum absolute atomic E-state index is 0.00911. The van der Waals surface area contributed by atoms with Crippen LogP contribution in [0.3, 0.4) is 0 Å². The molecule has 0 fully saturated rings. The third kappa shape index (κ3) is 7.01. The summed E-state index contributed by atoms with van der Waals surface area (Å²) in [5.74, 6) is 0.501. The summed E-state index contributed by atoms with van der Waals surface area (Å²) in [6.07, 6.45) is 2.23. The molecule has 0 aliphatic heterocycles. The Morgan fingerprint density at radius 1 is 1.10 bits per heavy atom. The maximum atomic E-state index is 13.0. The smallest absolute Gasteiger partial charge is 0.123 e. The van der Waals surface area contributed by atoms with Crippen LogP contribution in [0.1, 0.15) is 52.2 Å². The first-order valence-electron chi connectivity index (χ1n) is 7.59. The molecule has 3 heteroatoms. The van der Waals surface area contributed by atoms with Crippen molar-refractivity contribution in [3.8, 4) is 0 Å². The zero-order chi connectivity index (χ0) is 15.0. The monoisotopic (exact) mass is 281 g/mol. The van der Waals surface area contributed by atoms with Gasteiger partial charge in [0.2, 0.25) is 0 Å². The summed E-state index contributed by atoms with van der Waals surface area (Å²) in [6, 6.07) is 7.02. The van der Waals surface area contributed by atoms with Crippen molar-refractivity contribution in [2.75, 3.05) is 13.2 Å². The van der Waals surface area contributed by atoms with Crippen molar-refractivity contribution >= 4 is 0 Å². The number of halogens is 1. The van der Waals surface area contributed by atoms with Gasteiger partial charge >= 0.3 is 0 Å². The lowest BCUT2D eigenvalue weighted by Crippen LogP contribution is -2.29. The molecule has 0 aliphatic rings. The molecule has 0 spiro atoms. The molecule has 20 heavy (non-hydrogen) atoms. The predicted octanol–water partition coefficient (Wildman–Crippen LogP) is 4.32. The Hall–Kier alpha value is -0.930. The van der Waals surface area contributed by atoms with Crippen LogP contribution in [0.15, 0.2) is 24.3 Å². The fraction of sp³-hybridized carbons (Fsp3) is 0.647. The van der Waals surface area contributed by atoms with Gasteiger partial charge in [-0.25, -0.2) is 4.39 Å². The van der Waals surface area contributed by atoms with Crippen molar-refractivity contribution in [3.05, 3.63) is 35.6 Å². The summed E-state index contributed by atoms with van der Waals surface area (Å²) in [7, 11) is 0. The summed E-state index contributed by atoms with van der Waals surface area (Å²) < 4.78 is 19.0. The molecule has 1 aromatic rings. The molecule has 0 aromatic heterocycles. The van der Waals surface area contributed by atoms with Gasteiger partial charge in [0, 0.05) is 19.2 Å². The van der Waals surface area contributed by atoms with Crippen molar-refractivity contribution in [2.45, 2.75) is 52.7 Å². The van der Waals surface area contributed by atoms with Gasteiger partial charge in [0.15, 0.2) is 0 Å². The lowest BCUT2D eigenvalue weighted by Gasteiger charge is -2.21. The Kier molecular flexibility index (Phi) is 7.78. The minimum Gasteiger partial charge on any atom is -0.372 e. The third-order valence-corrected chi connectivity index (χ3v) is 3.20. The van der Waals surface area contributed by atoms with Gasteiger partial charge in [0.25, 0.3) is 0 Å². The summed E-state index contributed by atoms with van der Waals surface area (Å²) in [5, 5.41) is 3.39. The second kappa shape index (κ2) is 9.09. The molecular weight excluding hydrogens is 253 g/mol. The highest BCUT2D eigenvalue weighted by Crippen LogP contribution is 2.18. The van der Waals surface area contributed by atoms with E-state index in [-0.39, 0.29) is 11.9 Å². The average molecular weight is 281 g/mol. The Labute approximate surface area is 122 Å². The Morgan fingerprint density at radius 2 is 1.75 bits per heavy atom. The minimum atomic E-state index is -0.205. The maximum absolute atomic E-state index is 13.0. The lowest BCUT2D eigenvalue weighted by molar-refractivity contribution is 0.0474. The number of ether oxygens (including phenoxy) is 1. The first kappa shape index (κ1) is 17.1. The number of nitrogens with one attached hydrogen (secondary N) is 1. The predicted molar refractivity (Wildman–Crippen MR) is 82.3 cm³/mol. The van der Waals surface area contributed by atoms with E-state index in [2.05, 4.69) is 33.0 Å².